The second kappa shape index (κ2) is 6.83. The van der Waals surface area contributed by atoms with Crippen LogP contribution >= 0.6 is 23.2 Å². The van der Waals surface area contributed by atoms with Crippen molar-refractivity contribution in [2.75, 3.05) is 5.32 Å². The first-order valence-electron chi connectivity index (χ1n) is 7.50. The molecular weight excluding hydrogens is 349 g/mol. The third-order valence-electron chi connectivity index (χ3n) is 4.15. The Hall–Kier alpha value is -2.04. The van der Waals surface area contributed by atoms with Gasteiger partial charge in [0.25, 0.3) is 0 Å². The summed E-state index contributed by atoms with van der Waals surface area (Å²) in [5.41, 5.74) is 2.02. The minimum atomic E-state index is -1.01. The lowest BCUT2D eigenvalue weighted by molar-refractivity contribution is -0.138. The van der Waals surface area contributed by atoms with Gasteiger partial charge in [-0.05, 0) is 24.1 Å². The van der Waals surface area contributed by atoms with Crippen LogP contribution in [0.25, 0.3) is 0 Å². The first-order chi connectivity index (χ1) is 11.5. The fourth-order valence-corrected chi connectivity index (χ4v) is 3.66. The largest absolute Gasteiger partial charge is 0.480 e. The Morgan fingerprint density at radius 1 is 1.17 bits per heavy atom. The molecule has 0 bridgehead atoms. The zero-order valence-corrected chi connectivity index (χ0v) is 14.1. The van der Waals surface area contributed by atoms with Crippen molar-refractivity contribution < 1.29 is 14.7 Å². The lowest BCUT2D eigenvalue weighted by atomic mass is 9.82. The van der Waals surface area contributed by atoms with Crippen LogP contribution in [-0.4, -0.2) is 22.9 Å². The van der Waals surface area contributed by atoms with Gasteiger partial charge in [0.1, 0.15) is 11.8 Å². The molecule has 0 fully saturated rings. The topological polar surface area (TPSA) is 66.4 Å². The number of benzene rings is 2. The number of carbonyl (C=O) groups excluding carboxylic acids is 1. The van der Waals surface area contributed by atoms with Gasteiger partial charge in [0.15, 0.2) is 0 Å². The van der Waals surface area contributed by atoms with Gasteiger partial charge in [0.2, 0.25) is 0 Å². The number of carboxylic acid groups (broad SMARTS) is 1. The molecule has 1 aliphatic heterocycles. The number of halogens is 2. The van der Waals surface area contributed by atoms with Gasteiger partial charge in [0, 0.05) is 33.6 Å². The predicted molar refractivity (Wildman–Crippen MR) is 94.0 cm³/mol. The van der Waals surface area contributed by atoms with Gasteiger partial charge >= 0.3 is 5.97 Å². The smallest absolute Gasteiger partial charge is 0.326 e. The highest BCUT2D eigenvalue weighted by molar-refractivity contribution is 6.36. The highest BCUT2D eigenvalue weighted by atomic mass is 35.5. The number of hydrogen-bond acceptors (Lipinski definition) is 3. The van der Waals surface area contributed by atoms with Crippen LogP contribution < -0.4 is 5.32 Å². The van der Waals surface area contributed by atoms with Crippen LogP contribution in [0, 0.1) is 0 Å². The van der Waals surface area contributed by atoms with Crippen LogP contribution in [0.5, 0.6) is 0 Å². The number of hydrogen-bond donors (Lipinski definition) is 2. The average Bonchev–Trinajstić information content (AvgIpc) is 2.54. The van der Waals surface area contributed by atoms with Gasteiger partial charge in [-0.25, -0.2) is 4.79 Å². The van der Waals surface area contributed by atoms with E-state index < -0.39 is 17.9 Å². The molecule has 1 aliphatic rings. The molecule has 2 N–H and O–H groups in total. The fraction of sp³-hybridized carbons (Fsp3) is 0.222. The Morgan fingerprint density at radius 3 is 2.54 bits per heavy atom. The third-order valence-corrected chi connectivity index (χ3v) is 4.68. The van der Waals surface area contributed by atoms with E-state index in [9.17, 15) is 14.7 Å². The Kier molecular flexibility index (Phi) is 4.78. The van der Waals surface area contributed by atoms with Crippen molar-refractivity contribution in [3.63, 3.8) is 0 Å². The second-order valence-corrected chi connectivity index (χ2v) is 6.64. The summed E-state index contributed by atoms with van der Waals surface area (Å²) in [6, 6.07) is 11.7. The van der Waals surface area contributed by atoms with Crippen molar-refractivity contribution in [2.24, 2.45) is 0 Å². The molecule has 24 heavy (non-hydrogen) atoms. The van der Waals surface area contributed by atoms with Gasteiger partial charge in [-0.3, -0.25) is 4.79 Å². The number of aliphatic carboxylic acids is 1. The van der Waals surface area contributed by atoms with E-state index in [1.165, 1.54) is 0 Å². The van der Waals surface area contributed by atoms with Crippen LogP contribution in [0.2, 0.25) is 10.0 Å². The van der Waals surface area contributed by atoms with Crippen LogP contribution in [0.4, 0.5) is 5.69 Å². The molecule has 0 saturated heterocycles. The summed E-state index contributed by atoms with van der Waals surface area (Å²) in [5, 5.41) is 13.0. The number of carboxylic acids is 1. The quantitative estimate of drug-likeness (QED) is 0.855. The van der Waals surface area contributed by atoms with Gasteiger partial charge in [-0.2, -0.15) is 0 Å². The molecule has 1 heterocycles. The number of anilines is 1. The number of ketones is 1. The molecule has 0 unspecified atom stereocenters. The number of carbonyl (C=O) groups is 2. The maximum absolute atomic E-state index is 12.8. The molecule has 2 atom stereocenters. The molecule has 2 aromatic rings. The SMILES string of the molecule is O=C(Cc1ccccc1)[C@H]1C[C@H](C(=O)O)Nc2cc(Cl)cc(Cl)c21. The van der Waals surface area contributed by atoms with E-state index in [-0.39, 0.29) is 18.6 Å². The van der Waals surface area contributed by atoms with E-state index in [0.29, 0.717) is 21.3 Å². The molecule has 0 aromatic heterocycles. The van der Waals surface area contributed by atoms with Crippen molar-refractivity contribution in [2.45, 2.75) is 24.8 Å². The minimum absolute atomic E-state index is 0.0561. The number of nitrogens with one attached hydrogen (secondary N) is 1. The van der Waals surface area contributed by atoms with Gasteiger partial charge in [-0.15, -0.1) is 0 Å². The standard InChI is InChI=1S/C18H15Cl2NO3/c19-11-7-13(20)17-12(9-15(18(23)24)21-14(17)8-11)16(22)6-10-4-2-1-3-5-10/h1-5,7-8,12,15,21H,6,9H2,(H,23,24)/t12-,15-/m1/s1. The summed E-state index contributed by atoms with van der Waals surface area (Å²) < 4.78 is 0. The lowest BCUT2D eigenvalue weighted by Gasteiger charge is -2.31. The molecule has 0 amide bonds. The lowest BCUT2D eigenvalue weighted by Crippen LogP contribution is -2.37. The molecule has 6 heteroatoms. The minimum Gasteiger partial charge on any atom is -0.480 e. The van der Waals surface area contributed by atoms with Crippen molar-refractivity contribution in [3.8, 4) is 0 Å². The summed E-state index contributed by atoms with van der Waals surface area (Å²) in [6.07, 6.45) is 0.394. The monoisotopic (exact) mass is 363 g/mol. The maximum Gasteiger partial charge on any atom is 0.326 e. The molecule has 0 radical (unpaired) electrons. The molecule has 0 aliphatic carbocycles. The number of rotatable bonds is 4. The zero-order chi connectivity index (χ0) is 17.3. The van der Waals surface area contributed by atoms with E-state index in [1.807, 2.05) is 30.3 Å². The van der Waals surface area contributed by atoms with Crippen molar-refractivity contribution in [1.82, 2.24) is 0 Å². The average molecular weight is 364 g/mol. The summed E-state index contributed by atoms with van der Waals surface area (Å²) in [4.78, 5) is 24.2. The summed E-state index contributed by atoms with van der Waals surface area (Å²) >= 11 is 12.3. The van der Waals surface area contributed by atoms with Crippen LogP contribution in [-0.2, 0) is 16.0 Å². The first-order valence-corrected chi connectivity index (χ1v) is 8.26. The van der Waals surface area contributed by atoms with Crippen LogP contribution in [0.15, 0.2) is 42.5 Å². The normalized spacial score (nSPS) is 19.2. The summed E-state index contributed by atoms with van der Waals surface area (Å²) in [6.45, 7) is 0. The third kappa shape index (κ3) is 3.40. The number of fused-ring (bicyclic) bond motifs is 1. The van der Waals surface area contributed by atoms with Gasteiger partial charge in [0.05, 0.1) is 0 Å². The van der Waals surface area contributed by atoms with E-state index >= 15 is 0 Å². The molecule has 0 spiro atoms. The molecule has 2 aromatic carbocycles. The Labute approximate surface area is 149 Å². The highest BCUT2D eigenvalue weighted by Gasteiger charge is 2.36. The zero-order valence-electron chi connectivity index (χ0n) is 12.6. The van der Waals surface area contributed by atoms with E-state index in [4.69, 9.17) is 23.2 Å². The molecule has 4 nitrogen and oxygen atoms in total. The molecule has 3 rings (SSSR count). The predicted octanol–water partition coefficient (Wildman–Crippen LogP) is 4.16. The summed E-state index contributed by atoms with van der Waals surface area (Å²) in [5.74, 6) is -1.64. The maximum atomic E-state index is 12.8. The molecule has 124 valence electrons. The first kappa shape index (κ1) is 16.8. The Balaban J connectivity index is 1.97. The van der Waals surface area contributed by atoms with Crippen LogP contribution in [0.3, 0.4) is 0 Å². The van der Waals surface area contributed by atoms with E-state index in [0.717, 1.165) is 5.56 Å². The van der Waals surface area contributed by atoms with Crippen molar-refractivity contribution in [1.29, 1.82) is 0 Å². The molecule has 0 saturated carbocycles. The second-order valence-electron chi connectivity index (χ2n) is 5.80. The van der Waals surface area contributed by atoms with Crippen molar-refractivity contribution >= 4 is 40.6 Å². The van der Waals surface area contributed by atoms with E-state index in [2.05, 4.69) is 5.32 Å². The van der Waals surface area contributed by atoms with Gasteiger partial charge < -0.3 is 10.4 Å². The summed E-state index contributed by atoms with van der Waals surface area (Å²) in [7, 11) is 0. The fourth-order valence-electron chi connectivity index (χ4n) is 3.03. The van der Waals surface area contributed by atoms with E-state index in [1.54, 1.807) is 12.1 Å². The van der Waals surface area contributed by atoms with Gasteiger partial charge in [-0.1, -0.05) is 53.5 Å². The Bertz CT molecular complexity index is 792. The van der Waals surface area contributed by atoms with Crippen LogP contribution in [0.1, 0.15) is 23.5 Å². The number of Topliss-reactive ketones (excluding diaryl/α,β-unsaturated/α-hetero) is 1. The molecular formula is C18H15Cl2NO3. The Morgan fingerprint density at radius 2 is 1.88 bits per heavy atom. The van der Waals surface area contributed by atoms with Crippen molar-refractivity contribution in [3.05, 3.63) is 63.6 Å². The highest BCUT2D eigenvalue weighted by Crippen LogP contribution is 2.41.